The topological polar surface area (TPSA) is 72.7 Å². The summed E-state index contributed by atoms with van der Waals surface area (Å²) in [7, 11) is 0. The Kier molecular flexibility index (Phi) is 6.92. The molecule has 2 amide bonds. The molecule has 6 nitrogen and oxygen atoms in total. The summed E-state index contributed by atoms with van der Waals surface area (Å²) < 4.78 is 20.6. The number of hydrogen-bond acceptors (Lipinski definition) is 4. The number of nitrogens with one attached hydrogen (secondary N) is 1. The van der Waals surface area contributed by atoms with Crippen LogP contribution >= 0.6 is 11.3 Å². The van der Waals surface area contributed by atoms with E-state index in [0.29, 0.717) is 29.0 Å². The predicted molar refractivity (Wildman–Crippen MR) is 120 cm³/mol. The minimum atomic E-state index is -0.428. The number of rotatable bonds is 6. The summed E-state index contributed by atoms with van der Waals surface area (Å²) >= 11 is 1.40. The molecule has 0 aliphatic carbocycles. The standard InChI is InChI=1S/C24H24FN3O3S/c1-16-14-28(24(32-16)27-23(30)18-7-9-20(25)10-8-18)15-17-4-2-5-19(12-17)22(29)26-13-21-6-3-11-31-21/h2,4-5,7-10,12,14,21H,3,6,11,13,15H2,1H3,(H,26,29). The second kappa shape index (κ2) is 10.0. The molecule has 0 saturated carbocycles. The van der Waals surface area contributed by atoms with Crippen molar-refractivity contribution in [1.29, 1.82) is 0 Å². The number of halogens is 1. The van der Waals surface area contributed by atoms with Gasteiger partial charge in [0.05, 0.1) is 6.10 Å². The first-order valence-electron chi connectivity index (χ1n) is 10.5. The molecule has 0 radical (unpaired) electrons. The summed E-state index contributed by atoms with van der Waals surface area (Å²) in [6, 6.07) is 12.7. The van der Waals surface area contributed by atoms with Gasteiger partial charge in [-0.05, 0) is 61.7 Å². The van der Waals surface area contributed by atoms with Crippen molar-refractivity contribution < 1.29 is 18.7 Å². The summed E-state index contributed by atoms with van der Waals surface area (Å²) in [6.07, 6.45) is 4.02. The van der Waals surface area contributed by atoms with Crippen LogP contribution < -0.4 is 10.1 Å². The number of carbonyl (C=O) groups excluding carboxylic acids is 2. The first-order valence-corrected chi connectivity index (χ1v) is 11.3. The zero-order chi connectivity index (χ0) is 22.5. The third-order valence-electron chi connectivity index (χ3n) is 5.18. The third-order valence-corrected chi connectivity index (χ3v) is 6.12. The van der Waals surface area contributed by atoms with Crippen molar-refractivity contribution in [2.75, 3.05) is 13.2 Å². The van der Waals surface area contributed by atoms with Crippen molar-refractivity contribution in [2.24, 2.45) is 4.99 Å². The van der Waals surface area contributed by atoms with E-state index in [1.54, 1.807) is 6.07 Å². The van der Waals surface area contributed by atoms with E-state index in [9.17, 15) is 14.0 Å². The fraction of sp³-hybridized carbons (Fsp3) is 0.292. The molecule has 0 spiro atoms. The van der Waals surface area contributed by atoms with Gasteiger partial charge in [0.15, 0.2) is 4.80 Å². The molecule has 4 rings (SSSR count). The number of amides is 2. The molecule has 1 unspecified atom stereocenters. The van der Waals surface area contributed by atoms with E-state index < -0.39 is 11.7 Å². The zero-order valence-corrected chi connectivity index (χ0v) is 18.5. The van der Waals surface area contributed by atoms with Gasteiger partial charge in [0.25, 0.3) is 11.8 Å². The van der Waals surface area contributed by atoms with Crippen LogP contribution in [0.4, 0.5) is 4.39 Å². The number of ether oxygens (including phenoxy) is 1. The van der Waals surface area contributed by atoms with Gasteiger partial charge in [0.2, 0.25) is 0 Å². The molecule has 166 valence electrons. The molecule has 1 aliphatic heterocycles. The van der Waals surface area contributed by atoms with Crippen LogP contribution in [0.15, 0.2) is 59.7 Å². The van der Waals surface area contributed by atoms with Gasteiger partial charge in [-0.3, -0.25) is 9.59 Å². The Morgan fingerprint density at radius 2 is 2.03 bits per heavy atom. The average Bonchev–Trinajstić information content (AvgIpc) is 3.42. The molecule has 2 heterocycles. The van der Waals surface area contributed by atoms with Crippen molar-refractivity contribution in [3.8, 4) is 0 Å². The fourth-order valence-electron chi connectivity index (χ4n) is 3.57. The lowest BCUT2D eigenvalue weighted by atomic mass is 10.1. The van der Waals surface area contributed by atoms with Crippen molar-refractivity contribution in [1.82, 2.24) is 9.88 Å². The molecule has 0 bridgehead atoms. The summed E-state index contributed by atoms with van der Waals surface area (Å²) in [6.45, 7) is 3.67. The second-order valence-electron chi connectivity index (χ2n) is 7.72. The number of benzene rings is 2. The second-order valence-corrected chi connectivity index (χ2v) is 8.93. The van der Waals surface area contributed by atoms with Crippen LogP contribution in [0.3, 0.4) is 0 Å². The SMILES string of the molecule is Cc1cn(Cc2cccc(C(=O)NCC3CCCO3)c2)c(=NC(=O)c2ccc(F)cc2)s1. The molecule has 3 aromatic rings. The molecule has 2 aromatic carbocycles. The van der Waals surface area contributed by atoms with Crippen molar-refractivity contribution in [3.05, 3.63) is 86.9 Å². The number of hydrogen-bond donors (Lipinski definition) is 1. The molecule has 1 fully saturated rings. The third kappa shape index (κ3) is 5.57. The molecule has 1 aromatic heterocycles. The van der Waals surface area contributed by atoms with Gasteiger partial charge >= 0.3 is 0 Å². The van der Waals surface area contributed by atoms with Gasteiger partial charge < -0.3 is 14.6 Å². The lowest BCUT2D eigenvalue weighted by Crippen LogP contribution is -2.31. The van der Waals surface area contributed by atoms with Crippen LogP contribution in [0.5, 0.6) is 0 Å². The van der Waals surface area contributed by atoms with Crippen LogP contribution in [0.2, 0.25) is 0 Å². The van der Waals surface area contributed by atoms with E-state index in [1.165, 1.54) is 35.6 Å². The van der Waals surface area contributed by atoms with Gasteiger partial charge in [0, 0.05) is 41.9 Å². The maximum atomic E-state index is 13.1. The van der Waals surface area contributed by atoms with E-state index in [4.69, 9.17) is 4.74 Å². The Bertz CT molecular complexity index is 1180. The minimum Gasteiger partial charge on any atom is -0.376 e. The maximum absolute atomic E-state index is 13.1. The number of thiazole rings is 1. The van der Waals surface area contributed by atoms with Crippen molar-refractivity contribution in [2.45, 2.75) is 32.4 Å². The molecule has 1 N–H and O–H groups in total. The van der Waals surface area contributed by atoms with Crippen molar-refractivity contribution >= 4 is 23.2 Å². The minimum absolute atomic E-state index is 0.0919. The van der Waals surface area contributed by atoms with Crippen LogP contribution in [0.1, 0.15) is 44.0 Å². The zero-order valence-electron chi connectivity index (χ0n) is 17.7. The average molecular weight is 454 g/mol. The van der Waals surface area contributed by atoms with E-state index in [0.717, 1.165) is 29.9 Å². The number of aromatic nitrogens is 1. The van der Waals surface area contributed by atoms with Crippen molar-refractivity contribution in [3.63, 3.8) is 0 Å². The van der Waals surface area contributed by atoms with Gasteiger partial charge in [-0.25, -0.2) is 4.39 Å². The highest BCUT2D eigenvalue weighted by molar-refractivity contribution is 7.09. The highest BCUT2D eigenvalue weighted by Gasteiger charge is 2.17. The Morgan fingerprint density at radius 3 is 2.78 bits per heavy atom. The van der Waals surface area contributed by atoms with E-state index in [2.05, 4.69) is 10.3 Å². The highest BCUT2D eigenvalue weighted by atomic mass is 32.1. The van der Waals surface area contributed by atoms with Gasteiger partial charge in [-0.2, -0.15) is 4.99 Å². The number of carbonyl (C=O) groups is 2. The predicted octanol–water partition coefficient (Wildman–Crippen LogP) is 3.70. The number of nitrogens with zero attached hydrogens (tertiary/aromatic N) is 2. The van der Waals surface area contributed by atoms with Gasteiger partial charge in [-0.15, -0.1) is 11.3 Å². The van der Waals surface area contributed by atoms with Crippen LogP contribution in [-0.4, -0.2) is 35.6 Å². The molecule has 8 heteroatoms. The van der Waals surface area contributed by atoms with Crippen LogP contribution in [-0.2, 0) is 11.3 Å². The van der Waals surface area contributed by atoms with E-state index >= 15 is 0 Å². The molecular weight excluding hydrogens is 429 g/mol. The maximum Gasteiger partial charge on any atom is 0.279 e. The fourth-order valence-corrected chi connectivity index (χ4v) is 4.40. The Balaban J connectivity index is 1.49. The monoisotopic (exact) mass is 453 g/mol. The summed E-state index contributed by atoms with van der Waals surface area (Å²) in [5.74, 6) is -0.962. The normalized spacial score (nSPS) is 16.3. The highest BCUT2D eigenvalue weighted by Crippen LogP contribution is 2.12. The van der Waals surface area contributed by atoms with E-state index in [-0.39, 0.29) is 12.0 Å². The van der Waals surface area contributed by atoms with E-state index in [1.807, 2.05) is 35.9 Å². The Morgan fingerprint density at radius 1 is 1.22 bits per heavy atom. The first-order chi connectivity index (χ1) is 15.5. The smallest absolute Gasteiger partial charge is 0.279 e. The van der Waals surface area contributed by atoms with Gasteiger partial charge in [0.1, 0.15) is 5.82 Å². The summed E-state index contributed by atoms with van der Waals surface area (Å²) in [5.41, 5.74) is 1.83. The molecule has 1 aliphatic rings. The summed E-state index contributed by atoms with van der Waals surface area (Å²) in [4.78, 5) is 30.8. The first kappa shape index (κ1) is 22.1. The quantitative estimate of drug-likeness (QED) is 0.619. The molecule has 1 saturated heterocycles. The van der Waals surface area contributed by atoms with Crippen LogP contribution in [0.25, 0.3) is 0 Å². The number of aryl methyl sites for hydroxylation is 1. The van der Waals surface area contributed by atoms with Gasteiger partial charge in [-0.1, -0.05) is 12.1 Å². The molecule has 1 atom stereocenters. The summed E-state index contributed by atoms with van der Waals surface area (Å²) in [5, 5.41) is 2.94. The molecular formula is C24H24FN3O3S. The van der Waals surface area contributed by atoms with Crippen LogP contribution in [0, 0.1) is 12.7 Å². The molecule has 32 heavy (non-hydrogen) atoms. The Labute approximate surface area is 189 Å². The lowest BCUT2D eigenvalue weighted by Gasteiger charge is -2.11. The lowest BCUT2D eigenvalue weighted by molar-refractivity contribution is 0.0857. The Hall–Kier alpha value is -3.10. The largest absolute Gasteiger partial charge is 0.376 e.